The minimum absolute atomic E-state index is 0.0615. The molecule has 2 aliphatic heterocycles. The average molecular weight is 710 g/mol. The van der Waals surface area contributed by atoms with Crippen molar-refractivity contribution in [2.75, 3.05) is 20.3 Å². The molecule has 5 aromatic rings. The molecule has 0 aliphatic carbocycles. The monoisotopic (exact) mass is 708 g/mol. The van der Waals surface area contributed by atoms with Crippen molar-refractivity contribution in [3.63, 3.8) is 0 Å². The number of benzene rings is 4. The summed E-state index contributed by atoms with van der Waals surface area (Å²) in [5, 5.41) is 13.3. The number of aliphatic hydroxyl groups excluding tert-OH is 1. The summed E-state index contributed by atoms with van der Waals surface area (Å²) in [5.41, 5.74) is 2.98. The number of amides is 1. The molecule has 1 N–H and O–H groups in total. The highest BCUT2D eigenvalue weighted by atomic mass is 79.9. The van der Waals surface area contributed by atoms with E-state index in [4.69, 9.17) is 28.8 Å². The number of hydrogen-bond donors (Lipinski definition) is 1. The van der Waals surface area contributed by atoms with Crippen molar-refractivity contribution in [1.29, 1.82) is 0 Å². The zero-order valence-electron chi connectivity index (χ0n) is 26.2. The molecule has 1 aromatic heterocycles. The number of ether oxygens (including phenoxy) is 3. The lowest BCUT2D eigenvalue weighted by Crippen LogP contribution is -2.49. The fourth-order valence-electron chi connectivity index (χ4n) is 6.13. The van der Waals surface area contributed by atoms with Gasteiger partial charge in [-0.1, -0.05) is 63.6 Å². The lowest BCUT2D eigenvalue weighted by molar-refractivity contribution is -0.140. The molecule has 0 radical (unpaired) electrons. The van der Waals surface area contributed by atoms with Crippen molar-refractivity contribution >= 4 is 27.7 Å². The third-order valence-electron chi connectivity index (χ3n) is 8.56. The van der Waals surface area contributed by atoms with E-state index in [1.54, 1.807) is 12.0 Å². The van der Waals surface area contributed by atoms with E-state index in [0.29, 0.717) is 49.4 Å². The molecule has 3 heterocycles. The first kappa shape index (κ1) is 31.6. The van der Waals surface area contributed by atoms with Crippen LogP contribution in [0.25, 0.3) is 11.5 Å². The van der Waals surface area contributed by atoms with E-state index in [9.17, 15) is 0 Å². The molecule has 0 saturated carbocycles. The smallest absolute Gasteiger partial charge is 0.257 e. The van der Waals surface area contributed by atoms with Crippen LogP contribution >= 0.6 is 15.9 Å². The molecule has 244 valence electrons. The lowest BCUT2D eigenvalue weighted by Gasteiger charge is -2.33. The number of carbonyl (C=O) groups is 1. The Kier molecular flexibility index (Phi) is 8.96. The van der Waals surface area contributed by atoms with Crippen LogP contribution in [0.3, 0.4) is 0 Å². The van der Waals surface area contributed by atoms with Crippen LogP contribution in [0.15, 0.2) is 111 Å². The first-order chi connectivity index (χ1) is 23.5. The first-order valence-corrected chi connectivity index (χ1v) is 16.4. The first-order valence-electron chi connectivity index (χ1n) is 15.7. The van der Waals surface area contributed by atoms with Crippen molar-refractivity contribution in [2.24, 2.45) is 4.99 Å². The van der Waals surface area contributed by atoms with Crippen LogP contribution in [-0.2, 0) is 29.0 Å². The Morgan fingerprint density at radius 1 is 0.938 bits per heavy atom. The zero-order valence-corrected chi connectivity index (χ0v) is 27.8. The van der Waals surface area contributed by atoms with Gasteiger partial charge < -0.3 is 28.7 Å². The number of aliphatic hydroxyl groups is 1. The average Bonchev–Trinajstić information content (AvgIpc) is 3.72. The standard InChI is InChI=1S/C37H33BrN4O6/c1-45-28-15-11-24(12-16-28)34-39-32(41-48-34)23-42-22-27-8-3-2-7-26(27)21-37(36(42)44)33(30-9-4-5-10-31(30)38)47-35(40-37)25-13-17-29(18-14-25)46-20-6-19-43/h2-5,7-18,33,43H,6,19-23H2,1H3/t33-,37-/m0/s1. The summed E-state index contributed by atoms with van der Waals surface area (Å²) in [7, 11) is 1.61. The van der Waals surface area contributed by atoms with Gasteiger partial charge in [-0.05, 0) is 65.7 Å². The van der Waals surface area contributed by atoms with Crippen molar-refractivity contribution in [3.8, 4) is 23.0 Å². The highest BCUT2D eigenvalue weighted by molar-refractivity contribution is 9.10. The van der Waals surface area contributed by atoms with Crippen LogP contribution < -0.4 is 9.47 Å². The number of fused-ring (bicyclic) bond motifs is 1. The number of nitrogens with zero attached hydrogens (tertiary/aromatic N) is 4. The van der Waals surface area contributed by atoms with Gasteiger partial charge in [0.15, 0.2) is 17.5 Å². The number of rotatable bonds is 10. The Hall–Kier alpha value is -5.00. The predicted molar refractivity (Wildman–Crippen MR) is 182 cm³/mol. The minimum Gasteiger partial charge on any atom is -0.497 e. The minimum atomic E-state index is -1.33. The van der Waals surface area contributed by atoms with E-state index in [0.717, 1.165) is 38.0 Å². The molecule has 0 fully saturated rings. The number of hydrogen-bond acceptors (Lipinski definition) is 9. The quantitative estimate of drug-likeness (QED) is 0.168. The van der Waals surface area contributed by atoms with Crippen molar-refractivity contribution < 1.29 is 28.6 Å². The molecule has 2 atom stereocenters. The second-order valence-electron chi connectivity index (χ2n) is 11.7. The molecule has 0 unspecified atom stereocenters. The van der Waals surface area contributed by atoms with Gasteiger partial charge in [-0.2, -0.15) is 4.98 Å². The van der Waals surface area contributed by atoms with E-state index in [1.165, 1.54) is 0 Å². The van der Waals surface area contributed by atoms with Gasteiger partial charge in [0, 0.05) is 47.2 Å². The van der Waals surface area contributed by atoms with Crippen LogP contribution in [0.5, 0.6) is 11.5 Å². The third-order valence-corrected chi connectivity index (χ3v) is 9.28. The number of methoxy groups -OCH3 is 1. The second-order valence-corrected chi connectivity index (χ2v) is 12.5. The molecule has 11 heteroatoms. The Bertz CT molecular complexity index is 1940. The molecule has 1 amide bonds. The van der Waals surface area contributed by atoms with Gasteiger partial charge in [-0.25, -0.2) is 4.99 Å². The molecule has 0 saturated heterocycles. The molecule has 0 bridgehead atoms. The molecular formula is C37H33BrN4O6. The summed E-state index contributed by atoms with van der Waals surface area (Å²) in [6, 6.07) is 30.6. The van der Waals surface area contributed by atoms with Crippen molar-refractivity contribution in [3.05, 3.63) is 130 Å². The zero-order chi connectivity index (χ0) is 33.1. The SMILES string of the molecule is COc1ccc(-c2nc(CN3Cc4ccccc4C[C@@]4(N=C(c5ccc(OCCCO)cc5)O[C@H]4c4ccccc4Br)C3=O)no2)cc1. The Morgan fingerprint density at radius 3 is 2.40 bits per heavy atom. The second kappa shape index (κ2) is 13.6. The maximum atomic E-state index is 15.0. The molecule has 10 nitrogen and oxygen atoms in total. The molecular weight excluding hydrogens is 676 g/mol. The van der Waals surface area contributed by atoms with E-state index < -0.39 is 11.6 Å². The van der Waals surface area contributed by atoms with Crippen molar-refractivity contribution in [2.45, 2.75) is 37.6 Å². The van der Waals surface area contributed by atoms with Crippen LogP contribution in [-0.4, -0.2) is 57.8 Å². The largest absolute Gasteiger partial charge is 0.497 e. The molecule has 1 spiro atoms. The van der Waals surface area contributed by atoms with Gasteiger partial charge in [0.2, 0.25) is 5.90 Å². The van der Waals surface area contributed by atoms with Gasteiger partial charge in [0.25, 0.3) is 11.8 Å². The predicted octanol–water partition coefficient (Wildman–Crippen LogP) is 6.31. The molecule has 48 heavy (non-hydrogen) atoms. The Balaban J connectivity index is 1.28. The third kappa shape index (κ3) is 6.18. The normalized spacial score (nSPS) is 18.6. The van der Waals surface area contributed by atoms with E-state index in [-0.39, 0.29) is 19.1 Å². The van der Waals surface area contributed by atoms with Crippen LogP contribution in [0, 0.1) is 0 Å². The Labute approximate surface area is 286 Å². The van der Waals surface area contributed by atoms with Gasteiger partial charge in [-0.15, -0.1) is 0 Å². The summed E-state index contributed by atoms with van der Waals surface area (Å²) in [4.78, 5) is 26.6. The van der Waals surface area contributed by atoms with Crippen LogP contribution in [0.2, 0.25) is 0 Å². The summed E-state index contributed by atoms with van der Waals surface area (Å²) >= 11 is 3.72. The van der Waals surface area contributed by atoms with E-state index >= 15 is 4.79 Å². The maximum absolute atomic E-state index is 15.0. The van der Waals surface area contributed by atoms with Gasteiger partial charge >= 0.3 is 0 Å². The lowest BCUT2D eigenvalue weighted by atomic mass is 9.82. The molecule has 4 aromatic carbocycles. The molecule has 7 rings (SSSR count). The molecule has 2 aliphatic rings. The number of aromatic nitrogens is 2. The fourth-order valence-corrected chi connectivity index (χ4v) is 6.62. The van der Waals surface area contributed by atoms with E-state index in [1.807, 2.05) is 97.1 Å². The summed E-state index contributed by atoms with van der Waals surface area (Å²) < 4.78 is 24.1. The van der Waals surface area contributed by atoms with Crippen molar-refractivity contribution in [1.82, 2.24) is 15.0 Å². The highest BCUT2D eigenvalue weighted by Gasteiger charge is 2.56. The van der Waals surface area contributed by atoms with E-state index in [2.05, 4.69) is 26.1 Å². The summed E-state index contributed by atoms with van der Waals surface area (Å²) in [6.07, 6.45) is 0.144. The fraction of sp³-hybridized carbons (Fsp3) is 0.243. The maximum Gasteiger partial charge on any atom is 0.257 e. The Morgan fingerprint density at radius 2 is 1.65 bits per heavy atom. The summed E-state index contributed by atoms with van der Waals surface area (Å²) in [6.45, 7) is 0.927. The van der Waals surface area contributed by atoms with Gasteiger partial charge in [0.1, 0.15) is 11.5 Å². The van der Waals surface area contributed by atoms with Crippen LogP contribution in [0.4, 0.5) is 0 Å². The highest BCUT2D eigenvalue weighted by Crippen LogP contribution is 2.47. The topological polar surface area (TPSA) is 120 Å². The summed E-state index contributed by atoms with van der Waals surface area (Å²) in [5.74, 6) is 2.28. The number of carbonyl (C=O) groups excluding carboxylic acids is 1. The van der Waals surface area contributed by atoms with Gasteiger partial charge in [0.05, 0.1) is 20.3 Å². The van der Waals surface area contributed by atoms with Gasteiger partial charge in [-0.3, -0.25) is 4.79 Å². The number of halogens is 1. The number of aliphatic imine (C=N–C) groups is 1. The van der Waals surface area contributed by atoms with Crippen LogP contribution in [0.1, 0.15) is 40.6 Å².